The summed E-state index contributed by atoms with van der Waals surface area (Å²) in [5.41, 5.74) is 7.27. The number of hydrogen-bond acceptors (Lipinski definition) is 3. The van der Waals surface area contributed by atoms with Crippen molar-refractivity contribution in [3.8, 4) is 0 Å². The molecule has 1 heterocycles. The van der Waals surface area contributed by atoms with Gasteiger partial charge in [-0.05, 0) is 49.9 Å². The summed E-state index contributed by atoms with van der Waals surface area (Å²) in [6.07, 6.45) is 1.90. The number of rotatable bonds is 3. The first-order chi connectivity index (χ1) is 8.89. The molecule has 102 valence electrons. The number of ether oxygens (including phenoxy) is 1. The van der Waals surface area contributed by atoms with Crippen LogP contribution in [0, 0.1) is 0 Å². The monoisotopic (exact) mass is 260 g/mol. The van der Waals surface area contributed by atoms with Crippen molar-refractivity contribution in [2.75, 3.05) is 0 Å². The van der Waals surface area contributed by atoms with Gasteiger partial charge in [0.1, 0.15) is 12.1 Å². The molecular weight excluding hydrogens is 240 g/mol. The van der Waals surface area contributed by atoms with Crippen LogP contribution in [0.5, 0.6) is 0 Å². The lowest BCUT2D eigenvalue weighted by Crippen LogP contribution is -2.26. The van der Waals surface area contributed by atoms with Crippen molar-refractivity contribution in [1.29, 1.82) is 0 Å². The van der Waals surface area contributed by atoms with Gasteiger partial charge in [-0.1, -0.05) is 6.07 Å². The highest BCUT2D eigenvalue weighted by atomic mass is 16.6. The van der Waals surface area contributed by atoms with Gasteiger partial charge in [0.25, 0.3) is 0 Å². The molecular formula is C15H20N2O2. The van der Waals surface area contributed by atoms with Crippen molar-refractivity contribution < 1.29 is 9.53 Å². The number of hydrogen-bond donors (Lipinski definition) is 1. The minimum atomic E-state index is -0.452. The maximum Gasteiger partial charge on any atom is 0.326 e. The number of aromatic nitrogens is 1. The van der Waals surface area contributed by atoms with Gasteiger partial charge < -0.3 is 15.0 Å². The van der Waals surface area contributed by atoms with Gasteiger partial charge in [-0.25, -0.2) is 0 Å². The SMILES string of the molecule is CC(C)(C)OC(=O)Cn1ccc2cc(CN)ccc21. The fourth-order valence-corrected chi connectivity index (χ4v) is 2.03. The van der Waals surface area contributed by atoms with Crippen LogP contribution >= 0.6 is 0 Å². The average molecular weight is 260 g/mol. The molecule has 2 aromatic rings. The third-order valence-corrected chi connectivity index (χ3v) is 2.79. The molecule has 4 nitrogen and oxygen atoms in total. The van der Waals surface area contributed by atoms with Gasteiger partial charge in [0.2, 0.25) is 0 Å². The van der Waals surface area contributed by atoms with Crippen LogP contribution in [0.1, 0.15) is 26.3 Å². The molecule has 0 radical (unpaired) electrons. The third kappa shape index (κ3) is 3.35. The van der Waals surface area contributed by atoms with Crippen LogP contribution in [0.4, 0.5) is 0 Å². The van der Waals surface area contributed by atoms with E-state index in [0.29, 0.717) is 6.54 Å². The Kier molecular flexibility index (Phi) is 3.62. The number of benzene rings is 1. The summed E-state index contributed by atoms with van der Waals surface area (Å²) in [4.78, 5) is 11.8. The zero-order chi connectivity index (χ0) is 14.0. The summed E-state index contributed by atoms with van der Waals surface area (Å²) >= 11 is 0. The minimum Gasteiger partial charge on any atom is -0.459 e. The first kappa shape index (κ1) is 13.6. The highest BCUT2D eigenvalue weighted by molar-refractivity contribution is 5.82. The van der Waals surface area contributed by atoms with Gasteiger partial charge in [-0.15, -0.1) is 0 Å². The number of carbonyl (C=O) groups is 1. The van der Waals surface area contributed by atoms with Crippen LogP contribution < -0.4 is 5.73 Å². The van der Waals surface area contributed by atoms with E-state index in [1.807, 2.05) is 55.8 Å². The highest BCUT2D eigenvalue weighted by Gasteiger charge is 2.16. The van der Waals surface area contributed by atoms with Crippen molar-refractivity contribution in [2.45, 2.75) is 39.5 Å². The second-order valence-electron chi connectivity index (χ2n) is 5.63. The molecule has 4 heteroatoms. The van der Waals surface area contributed by atoms with Gasteiger partial charge in [-0.3, -0.25) is 4.79 Å². The van der Waals surface area contributed by atoms with Crippen LogP contribution in [0.3, 0.4) is 0 Å². The van der Waals surface area contributed by atoms with Crippen LogP contribution in [0.25, 0.3) is 10.9 Å². The molecule has 0 spiro atoms. The highest BCUT2D eigenvalue weighted by Crippen LogP contribution is 2.18. The topological polar surface area (TPSA) is 57.2 Å². The van der Waals surface area contributed by atoms with Crippen LogP contribution in [0.15, 0.2) is 30.5 Å². The normalized spacial score (nSPS) is 11.8. The fourth-order valence-electron chi connectivity index (χ4n) is 2.03. The summed E-state index contributed by atoms with van der Waals surface area (Å²) in [6.45, 7) is 6.35. The van der Waals surface area contributed by atoms with E-state index in [-0.39, 0.29) is 12.5 Å². The molecule has 0 aliphatic carbocycles. The predicted octanol–water partition coefficient (Wildman–Crippen LogP) is 2.44. The summed E-state index contributed by atoms with van der Waals surface area (Å²) in [6, 6.07) is 8.00. The zero-order valence-corrected chi connectivity index (χ0v) is 11.6. The number of esters is 1. The van der Waals surface area contributed by atoms with E-state index < -0.39 is 5.60 Å². The van der Waals surface area contributed by atoms with Crippen molar-refractivity contribution in [3.05, 3.63) is 36.0 Å². The summed E-state index contributed by atoms with van der Waals surface area (Å²) < 4.78 is 7.22. The second-order valence-corrected chi connectivity index (χ2v) is 5.63. The largest absolute Gasteiger partial charge is 0.459 e. The molecule has 0 saturated carbocycles. The molecule has 0 aliphatic heterocycles. The fraction of sp³-hybridized carbons (Fsp3) is 0.400. The Bertz CT molecular complexity index is 594. The predicted molar refractivity (Wildman–Crippen MR) is 75.7 cm³/mol. The molecule has 2 rings (SSSR count). The third-order valence-electron chi connectivity index (χ3n) is 2.79. The van der Waals surface area contributed by atoms with Crippen molar-refractivity contribution in [1.82, 2.24) is 4.57 Å². The smallest absolute Gasteiger partial charge is 0.326 e. The molecule has 0 bridgehead atoms. The van der Waals surface area contributed by atoms with Crippen molar-refractivity contribution >= 4 is 16.9 Å². The lowest BCUT2D eigenvalue weighted by Gasteiger charge is -2.19. The van der Waals surface area contributed by atoms with Gasteiger partial charge in [-0.2, -0.15) is 0 Å². The average Bonchev–Trinajstić information content (AvgIpc) is 2.69. The van der Waals surface area contributed by atoms with E-state index in [9.17, 15) is 4.79 Å². The Morgan fingerprint density at radius 2 is 2.05 bits per heavy atom. The molecule has 1 aromatic heterocycles. The van der Waals surface area contributed by atoms with E-state index in [2.05, 4.69) is 0 Å². The van der Waals surface area contributed by atoms with E-state index >= 15 is 0 Å². The summed E-state index contributed by atoms with van der Waals surface area (Å²) in [7, 11) is 0. The standard InChI is InChI=1S/C15H20N2O2/c1-15(2,3)19-14(18)10-17-7-6-12-8-11(9-16)4-5-13(12)17/h4-8H,9-10,16H2,1-3H3. The Morgan fingerprint density at radius 1 is 1.32 bits per heavy atom. The van der Waals surface area contributed by atoms with E-state index in [1.54, 1.807) is 0 Å². The first-order valence-electron chi connectivity index (χ1n) is 6.39. The maximum atomic E-state index is 11.8. The number of fused-ring (bicyclic) bond motifs is 1. The minimum absolute atomic E-state index is 0.225. The summed E-state index contributed by atoms with van der Waals surface area (Å²) in [5, 5.41) is 1.09. The van der Waals surface area contributed by atoms with Gasteiger partial charge in [0.05, 0.1) is 0 Å². The number of nitrogens with zero attached hydrogens (tertiary/aromatic N) is 1. The lowest BCUT2D eigenvalue weighted by molar-refractivity contribution is -0.155. The van der Waals surface area contributed by atoms with E-state index in [0.717, 1.165) is 16.5 Å². The Labute approximate surface area is 113 Å². The Morgan fingerprint density at radius 3 is 2.68 bits per heavy atom. The van der Waals surface area contributed by atoms with Gasteiger partial charge >= 0.3 is 5.97 Å². The summed E-state index contributed by atoms with van der Waals surface area (Å²) in [5.74, 6) is -0.229. The van der Waals surface area contributed by atoms with Crippen molar-refractivity contribution in [3.63, 3.8) is 0 Å². The van der Waals surface area contributed by atoms with E-state index in [4.69, 9.17) is 10.5 Å². The molecule has 0 amide bonds. The van der Waals surface area contributed by atoms with Gasteiger partial charge in [0, 0.05) is 18.3 Å². The zero-order valence-electron chi connectivity index (χ0n) is 11.6. The van der Waals surface area contributed by atoms with Crippen molar-refractivity contribution in [2.24, 2.45) is 5.73 Å². The van der Waals surface area contributed by atoms with Gasteiger partial charge in [0.15, 0.2) is 0 Å². The lowest BCUT2D eigenvalue weighted by atomic mass is 10.1. The Balaban J connectivity index is 2.20. The second kappa shape index (κ2) is 5.05. The van der Waals surface area contributed by atoms with Crippen LogP contribution in [-0.4, -0.2) is 16.1 Å². The first-order valence-corrected chi connectivity index (χ1v) is 6.39. The Hall–Kier alpha value is -1.81. The van der Waals surface area contributed by atoms with E-state index in [1.165, 1.54) is 0 Å². The van der Waals surface area contributed by atoms with Crippen LogP contribution in [0.2, 0.25) is 0 Å². The molecule has 0 atom stereocenters. The molecule has 19 heavy (non-hydrogen) atoms. The molecule has 0 unspecified atom stereocenters. The molecule has 0 saturated heterocycles. The quantitative estimate of drug-likeness (QED) is 0.862. The molecule has 1 aromatic carbocycles. The number of carbonyl (C=O) groups excluding carboxylic acids is 1. The molecule has 0 fully saturated rings. The maximum absolute atomic E-state index is 11.8. The molecule has 0 aliphatic rings. The number of nitrogens with two attached hydrogens (primary N) is 1. The van der Waals surface area contributed by atoms with Crippen LogP contribution in [-0.2, 0) is 22.6 Å². The molecule has 2 N–H and O–H groups in total.